The van der Waals surface area contributed by atoms with Crippen LogP contribution in [-0.2, 0) is 16.6 Å². The van der Waals surface area contributed by atoms with Gasteiger partial charge in [0.2, 0.25) is 10.0 Å². The molecule has 1 heterocycles. The van der Waals surface area contributed by atoms with Crippen LogP contribution in [0.3, 0.4) is 0 Å². The van der Waals surface area contributed by atoms with Crippen LogP contribution in [0.4, 0.5) is 5.69 Å². The van der Waals surface area contributed by atoms with Crippen molar-refractivity contribution < 1.29 is 17.9 Å². The number of para-hydroxylation sites is 1. The average molecular weight is 521 g/mol. The van der Waals surface area contributed by atoms with Crippen molar-refractivity contribution in [2.45, 2.75) is 65.1 Å². The Labute approximate surface area is 220 Å². The Bertz CT molecular complexity index is 1360. The van der Waals surface area contributed by atoms with Crippen molar-refractivity contribution in [1.29, 1.82) is 0 Å². The number of aryl methyl sites for hydroxylation is 2. The molecule has 196 valence electrons. The van der Waals surface area contributed by atoms with Crippen LogP contribution in [0.2, 0.25) is 0 Å². The van der Waals surface area contributed by atoms with Gasteiger partial charge >= 0.3 is 0 Å². The summed E-state index contributed by atoms with van der Waals surface area (Å²) in [7, 11) is -3.50. The van der Waals surface area contributed by atoms with E-state index in [-0.39, 0.29) is 24.1 Å². The fraction of sp³-hybridized carbons (Fsp3) is 0.367. The van der Waals surface area contributed by atoms with Crippen LogP contribution < -0.4 is 14.4 Å². The molecule has 0 bridgehead atoms. The van der Waals surface area contributed by atoms with Crippen molar-refractivity contribution in [3.63, 3.8) is 0 Å². The number of ether oxygens (including phenoxy) is 1. The summed E-state index contributed by atoms with van der Waals surface area (Å²) in [6.07, 6.45) is 3.64. The molecule has 3 aromatic carbocycles. The first-order chi connectivity index (χ1) is 17.5. The Morgan fingerprint density at radius 2 is 1.62 bits per heavy atom. The number of rotatable bonds is 8. The molecule has 1 aliphatic rings. The maximum Gasteiger partial charge on any atom is 0.251 e. The molecular weight excluding hydrogens is 484 g/mol. The molecule has 0 radical (unpaired) electrons. The summed E-state index contributed by atoms with van der Waals surface area (Å²) in [6, 6.07) is 20.6. The number of anilines is 1. The Morgan fingerprint density at radius 1 is 1.00 bits per heavy atom. The van der Waals surface area contributed by atoms with Gasteiger partial charge in [-0.25, -0.2) is 8.42 Å². The molecule has 0 saturated carbocycles. The quantitative estimate of drug-likeness (QED) is 0.390. The lowest BCUT2D eigenvalue weighted by Crippen LogP contribution is -2.44. The topological polar surface area (TPSA) is 75.7 Å². The SMILES string of the molecule is CCC1(CC)C[C@H](NC(=O)c2ccc(CN(c3cc(C)cc(C)c3)S(C)(=O)=O)cc2)c2ccccc2O1. The van der Waals surface area contributed by atoms with E-state index in [4.69, 9.17) is 4.74 Å². The highest BCUT2D eigenvalue weighted by Crippen LogP contribution is 2.42. The first kappa shape index (κ1) is 26.7. The van der Waals surface area contributed by atoms with Crippen molar-refractivity contribution in [3.8, 4) is 5.75 Å². The zero-order chi connectivity index (χ0) is 26.8. The summed E-state index contributed by atoms with van der Waals surface area (Å²) in [5.41, 5.74) is 4.65. The fourth-order valence-electron chi connectivity index (χ4n) is 5.09. The summed E-state index contributed by atoms with van der Waals surface area (Å²) in [5.74, 6) is 0.661. The van der Waals surface area contributed by atoms with Crippen LogP contribution in [-0.4, -0.2) is 26.2 Å². The minimum atomic E-state index is -3.50. The molecule has 1 amide bonds. The van der Waals surface area contributed by atoms with E-state index in [2.05, 4.69) is 19.2 Å². The van der Waals surface area contributed by atoms with Crippen LogP contribution in [0.15, 0.2) is 66.7 Å². The largest absolute Gasteiger partial charge is 0.487 e. The molecule has 0 fully saturated rings. The van der Waals surface area contributed by atoms with Gasteiger partial charge < -0.3 is 10.1 Å². The highest BCUT2D eigenvalue weighted by molar-refractivity contribution is 7.92. The maximum atomic E-state index is 13.2. The Kier molecular flexibility index (Phi) is 7.64. The molecule has 0 aromatic heterocycles. The van der Waals surface area contributed by atoms with E-state index in [1.807, 2.05) is 68.4 Å². The predicted octanol–water partition coefficient (Wildman–Crippen LogP) is 6.08. The van der Waals surface area contributed by atoms with Gasteiger partial charge in [-0.3, -0.25) is 9.10 Å². The van der Waals surface area contributed by atoms with E-state index in [0.717, 1.165) is 40.8 Å². The van der Waals surface area contributed by atoms with E-state index < -0.39 is 10.0 Å². The van der Waals surface area contributed by atoms with Gasteiger partial charge in [0.1, 0.15) is 11.4 Å². The van der Waals surface area contributed by atoms with Gasteiger partial charge in [-0.05, 0) is 73.7 Å². The second-order valence-electron chi connectivity index (χ2n) is 10.1. The van der Waals surface area contributed by atoms with Crippen molar-refractivity contribution in [2.75, 3.05) is 10.6 Å². The number of hydrogen-bond acceptors (Lipinski definition) is 4. The molecule has 37 heavy (non-hydrogen) atoms. The van der Waals surface area contributed by atoms with E-state index >= 15 is 0 Å². The van der Waals surface area contributed by atoms with Crippen molar-refractivity contribution in [1.82, 2.24) is 5.32 Å². The van der Waals surface area contributed by atoms with Gasteiger partial charge in [0, 0.05) is 17.5 Å². The number of carbonyl (C=O) groups excluding carboxylic acids is 1. The summed E-state index contributed by atoms with van der Waals surface area (Å²) < 4.78 is 33.0. The summed E-state index contributed by atoms with van der Waals surface area (Å²) in [4.78, 5) is 13.2. The van der Waals surface area contributed by atoms with E-state index in [0.29, 0.717) is 17.7 Å². The predicted molar refractivity (Wildman–Crippen MR) is 149 cm³/mol. The standard InChI is InChI=1S/C30H36N2O4S/c1-6-30(7-2)19-27(26-10-8-9-11-28(26)36-30)31-29(33)24-14-12-23(13-15-24)20-32(37(5,34)35)25-17-21(3)16-22(4)18-25/h8-18,27H,6-7,19-20H2,1-5H3,(H,31,33)/t27-/m0/s1. The molecule has 4 rings (SSSR count). The number of nitrogens with zero attached hydrogens (tertiary/aromatic N) is 1. The molecular formula is C30H36N2O4S. The highest BCUT2D eigenvalue weighted by atomic mass is 32.2. The number of hydrogen-bond donors (Lipinski definition) is 1. The summed E-state index contributed by atoms with van der Waals surface area (Å²) in [5, 5.41) is 3.21. The Hall–Kier alpha value is -3.32. The lowest BCUT2D eigenvalue weighted by molar-refractivity contribution is 0.0227. The zero-order valence-corrected chi connectivity index (χ0v) is 23.1. The maximum absolute atomic E-state index is 13.2. The minimum Gasteiger partial charge on any atom is -0.487 e. The van der Waals surface area contributed by atoms with Gasteiger partial charge in [-0.1, -0.05) is 50.2 Å². The van der Waals surface area contributed by atoms with Crippen molar-refractivity contribution in [3.05, 3.63) is 94.5 Å². The first-order valence-electron chi connectivity index (χ1n) is 12.8. The highest BCUT2D eigenvalue weighted by Gasteiger charge is 2.39. The molecule has 6 nitrogen and oxygen atoms in total. The molecule has 3 aromatic rings. The normalized spacial score (nSPS) is 16.4. The van der Waals surface area contributed by atoms with Crippen LogP contribution in [0.5, 0.6) is 5.75 Å². The fourth-order valence-corrected chi connectivity index (χ4v) is 5.97. The zero-order valence-electron chi connectivity index (χ0n) is 22.2. The van der Waals surface area contributed by atoms with Gasteiger partial charge in [-0.2, -0.15) is 0 Å². The van der Waals surface area contributed by atoms with Gasteiger partial charge in [0.25, 0.3) is 5.91 Å². The monoisotopic (exact) mass is 520 g/mol. The first-order valence-corrected chi connectivity index (χ1v) is 14.6. The molecule has 0 saturated heterocycles. The van der Waals surface area contributed by atoms with E-state index in [1.54, 1.807) is 12.1 Å². The molecule has 1 N–H and O–H groups in total. The van der Waals surface area contributed by atoms with Crippen LogP contribution >= 0.6 is 0 Å². The average Bonchev–Trinajstić information content (AvgIpc) is 2.86. The molecule has 0 aliphatic carbocycles. The smallest absolute Gasteiger partial charge is 0.251 e. The second-order valence-corrected chi connectivity index (χ2v) is 12.0. The lowest BCUT2D eigenvalue weighted by Gasteiger charge is -2.41. The summed E-state index contributed by atoms with van der Waals surface area (Å²) in [6.45, 7) is 8.32. The van der Waals surface area contributed by atoms with Crippen molar-refractivity contribution in [2.24, 2.45) is 0 Å². The molecule has 0 unspecified atom stereocenters. The van der Waals surface area contributed by atoms with E-state index in [9.17, 15) is 13.2 Å². The van der Waals surface area contributed by atoms with Crippen LogP contribution in [0.1, 0.15) is 71.8 Å². The summed E-state index contributed by atoms with van der Waals surface area (Å²) >= 11 is 0. The van der Waals surface area contributed by atoms with Gasteiger partial charge in [-0.15, -0.1) is 0 Å². The number of benzene rings is 3. The number of fused-ring (bicyclic) bond motifs is 1. The number of nitrogens with one attached hydrogen (secondary N) is 1. The second kappa shape index (κ2) is 10.6. The van der Waals surface area contributed by atoms with E-state index in [1.165, 1.54) is 10.6 Å². The molecule has 7 heteroatoms. The number of sulfonamides is 1. The molecule has 0 spiro atoms. The van der Waals surface area contributed by atoms with Crippen LogP contribution in [0, 0.1) is 13.8 Å². The Morgan fingerprint density at radius 3 is 2.22 bits per heavy atom. The number of amides is 1. The lowest BCUT2D eigenvalue weighted by atomic mass is 9.83. The van der Waals surface area contributed by atoms with Crippen molar-refractivity contribution >= 4 is 21.6 Å². The third-order valence-electron chi connectivity index (χ3n) is 7.23. The third kappa shape index (κ3) is 5.99. The molecule has 1 aliphatic heterocycles. The van der Waals surface area contributed by atoms with Crippen LogP contribution in [0.25, 0.3) is 0 Å². The third-order valence-corrected chi connectivity index (χ3v) is 8.37. The van der Waals surface area contributed by atoms with Gasteiger partial charge in [0.15, 0.2) is 0 Å². The minimum absolute atomic E-state index is 0.151. The number of carbonyl (C=O) groups is 1. The Balaban J connectivity index is 1.53. The molecule has 1 atom stereocenters. The van der Waals surface area contributed by atoms with Gasteiger partial charge in [0.05, 0.1) is 24.5 Å².